The fourth-order valence-corrected chi connectivity index (χ4v) is 5.80. The molecule has 3 aromatic carbocycles. The van der Waals surface area contributed by atoms with E-state index >= 15 is 0 Å². The molecule has 9 heteroatoms. The minimum absolute atomic E-state index is 0.000942. The van der Waals surface area contributed by atoms with Gasteiger partial charge in [0.2, 0.25) is 0 Å². The first-order chi connectivity index (χ1) is 17.1. The van der Waals surface area contributed by atoms with Crippen LogP contribution in [0.25, 0.3) is 4.91 Å². The number of carbonyl (C=O) groups is 1. The summed E-state index contributed by atoms with van der Waals surface area (Å²) in [5.41, 5.74) is 2.94. The van der Waals surface area contributed by atoms with Gasteiger partial charge >= 0.3 is 0 Å². The molecule has 188 valence electrons. The minimum atomic E-state index is -3.76. The summed E-state index contributed by atoms with van der Waals surface area (Å²) in [5, 5.41) is 3.35. The zero-order chi connectivity index (χ0) is 26.0. The van der Waals surface area contributed by atoms with Crippen molar-refractivity contribution < 1.29 is 22.0 Å². The van der Waals surface area contributed by atoms with Gasteiger partial charge in [-0.1, -0.05) is 35.9 Å². The van der Waals surface area contributed by atoms with Gasteiger partial charge in [-0.3, -0.25) is 9.69 Å². The Morgan fingerprint density at radius 1 is 0.944 bits per heavy atom. The highest BCUT2D eigenvalue weighted by molar-refractivity contribution is 8.00. The maximum absolute atomic E-state index is 13.9. The summed E-state index contributed by atoms with van der Waals surface area (Å²) in [6.45, 7) is 2.94. The Labute approximate surface area is 214 Å². The van der Waals surface area contributed by atoms with Crippen molar-refractivity contribution in [2.45, 2.75) is 13.0 Å². The van der Waals surface area contributed by atoms with Crippen LogP contribution < -0.4 is 5.32 Å². The van der Waals surface area contributed by atoms with E-state index in [1.54, 1.807) is 24.3 Å². The van der Waals surface area contributed by atoms with Crippen LogP contribution in [0.2, 0.25) is 5.02 Å². The number of nitrogens with one attached hydrogen (secondary N) is 1. The van der Waals surface area contributed by atoms with E-state index in [9.17, 15) is 22.0 Å². The molecular weight excluding hydrogens is 506 g/mol. The lowest BCUT2D eigenvalue weighted by Crippen LogP contribution is -2.44. The first-order valence-electron chi connectivity index (χ1n) is 11.3. The summed E-state index contributed by atoms with van der Waals surface area (Å²) in [4.78, 5) is 14.2. The minimum Gasteiger partial charge on any atom is -0.352 e. The van der Waals surface area contributed by atoms with Gasteiger partial charge in [0.1, 0.15) is 11.6 Å². The summed E-state index contributed by atoms with van der Waals surface area (Å²) < 4.78 is 53.0. The topological polar surface area (TPSA) is 66.5 Å². The van der Waals surface area contributed by atoms with Gasteiger partial charge in [-0.2, -0.15) is 0 Å². The first-order valence-corrected chi connectivity index (χ1v) is 13.6. The summed E-state index contributed by atoms with van der Waals surface area (Å²) in [6, 6.07) is 17.1. The van der Waals surface area contributed by atoms with Gasteiger partial charge < -0.3 is 5.32 Å². The van der Waals surface area contributed by atoms with E-state index in [2.05, 4.69) is 10.2 Å². The SMILES string of the molecule is CCNC(=O)c1ccc([C@@H](c2ccc(Cl)cc2)N2CC(=C(c3cc(F)cc(F)c3)S(C)(=O)=O)C2)cc1. The van der Waals surface area contributed by atoms with Crippen LogP contribution in [0.1, 0.15) is 40.0 Å². The number of hydrogen-bond acceptors (Lipinski definition) is 4. The summed E-state index contributed by atoms with van der Waals surface area (Å²) in [7, 11) is -3.76. The van der Waals surface area contributed by atoms with E-state index in [-0.39, 0.29) is 35.5 Å². The van der Waals surface area contributed by atoms with Crippen LogP contribution in [-0.4, -0.2) is 45.1 Å². The predicted octanol–water partition coefficient (Wildman–Crippen LogP) is 5.23. The smallest absolute Gasteiger partial charge is 0.251 e. The second-order valence-electron chi connectivity index (χ2n) is 8.70. The van der Waals surface area contributed by atoms with Gasteiger partial charge in [0.15, 0.2) is 9.84 Å². The second kappa shape index (κ2) is 10.5. The van der Waals surface area contributed by atoms with Crippen molar-refractivity contribution in [3.05, 3.63) is 111 Å². The van der Waals surface area contributed by atoms with Gasteiger partial charge in [-0.05, 0) is 65.6 Å². The van der Waals surface area contributed by atoms with Gasteiger partial charge in [-0.15, -0.1) is 0 Å². The molecule has 1 amide bonds. The number of halogens is 3. The maximum atomic E-state index is 13.9. The summed E-state index contributed by atoms with van der Waals surface area (Å²) >= 11 is 6.09. The van der Waals surface area contributed by atoms with Crippen molar-refractivity contribution >= 4 is 32.3 Å². The number of amides is 1. The third kappa shape index (κ3) is 5.67. The molecule has 5 nitrogen and oxygen atoms in total. The Balaban J connectivity index is 1.71. The lowest BCUT2D eigenvalue weighted by atomic mass is 9.91. The third-order valence-electron chi connectivity index (χ3n) is 5.98. The molecule has 0 aromatic heterocycles. The van der Waals surface area contributed by atoms with Crippen molar-refractivity contribution in [2.75, 3.05) is 25.9 Å². The number of rotatable bonds is 7. The van der Waals surface area contributed by atoms with E-state index in [1.165, 1.54) is 0 Å². The zero-order valence-electron chi connectivity index (χ0n) is 19.8. The number of sulfone groups is 1. The van der Waals surface area contributed by atoms with Crippen LogP contribution in [0.5, 0.6) is 0 Å². The fourth-order valence-electron chi connectivity index (χ4n) is 4.47. The maximum Gasteiger partial charge on any atom is 0.251 e. The summed E-state index contributed by atoms with van der Waals surface area (Å²) in [6.07, 6.45) is 1.04. The summed E-state index contributed by atoms with van der Waals surface area (Å²) in [5.74, 6) is -1.84. The largest absolute Gasteiger partial charge is 0.352 e. The molecule has 1 aliphatic rings. The molecule has 1 saturated heterocycles. The highest BCUT2D eigenvalue weighted by atomic mass is 35.5. The van der Waals surface area contributed by atoms with Gasteiger partial charge in [0, 0.05) is 42.5 Å². The number of hydrogen-bond donors (Lipinski definition) is 1. The molecule has 0 saturated carbocycles. The van der Waals surface area contributed by atoms with E-state index in [4.69, 9.17) is 11.6 Å². The molecule has 0 spiro atoms. The highest BCUT2D eigenvalue weighted by Crippen LogP contribution is 2.38. The van der Waals surface area contributed by atoms with E-state index in [0.717, 1.165) is 29.5 Å². The standard InChI is InChI=1S/C27H25ClF2N2O3S/c1-3-31-27(33)19-6-4-17(5-7-19)25(18-8-10-22(28)11-9-18)32-15-21(16-32)26(36(2,34)35)20-12-23(29)14-24(30)13-20/h4-14,25H,3,15-16H2,1-2H3,(H,31,33)/t25-/m0/s1. The number of likely N-dealkylation sites (tertiary alicyclic amines) is 1. The molecule has 4 rings (SSSR count). The number of benzene rings is 3. The zero-order valence-corrected chi connectivity index (χ0v) is 21.3. The highest BCUT2D eigenvalue weighted by Gasteiger charge is 2.35. The van der Waals surface area contributed by atoms with E-state index in [0.29, 0.717) is 28.8 Å². The molecule has 0 aliphatic carbocycles. The van der Waals surface area contributed by atoms with Crippen molar-refractivity contribution in [2.24, 2.45) is 0 Å². The molecule has 1 heterocycles. The van der Waals surface area contributed by atoms with Crippen LogP contribution >= 0.6 is 11.6 Å². The van der Waals surface area contributed by atoms with Crippen molar-refractivity contribution in [1.82, 2.24) is 10.2 Å². The molecule has 0 unspecified atom stereocenters. The van der Waals surface area contributed by atoms with Crippen molar-refractivity contribution in [3.63, 3.8) is 0 Å². The van der Waals surface area contributed by atoms with E-state index < -0.39 is 21.5 Å². The Kier molecular flexibility index (Phi) is 7.59. The Hall–Kier alpha value is -3.07. The monoisotopic (exact) mass is 530 g/mol. The van der Waals surface area contributed by atoms with Crippen LogP contribution in [-0.2, 0) is 9.84 Å². The van der Waals surface area contributed by atoms with Crippen LogP contribution in [0.4, 0.5) is 8.78 Å². The number of carbonyl (C=O) groups excluding carboxylic acids is 1. The third-order valence-corrected chi connectivity index (χ3v) is 7.50. The fraction of sp³-hybridized carbons (Fsp3) is 0.222. The Bertz CT molecular complexity index is 1390. The molecule has 3 aromatic rings. The molecule has 1 atom stereocenters. The quantitative estimate of drug-likeness (QED) is 0.454. The normalized spacial score (nSPS) is 14.8. The lowest BCUT2D eigenvalue weighted by Gasteiger charge is -2.42. The second-order valence-corrected chi connectivity index (χ2v) is 11.1. The van der Waals surface area contributed by atoms with Crippen molar-refractivity contribution in [3.8, 4) is 0 Å². The van der Waals surface area contributed by atoms with Gasteiger partial charge in [0.25, 0.3) is 5.91 Å². The van der Waals surface area contributed by atoms with Crippen LogP contribution in [0.3, 0.4) is 0 Å². The number of nitrogens with zero attached hydrogens (tertiary/aromatic N) is 1. The molecule has 36 heavy (non-hydrogen) atoms. The van der Waals surface area contributed by atoms with Gasteiger partial charge in [0.05, 0.1) is 10.9 Å². The Morgan fingerprint density at radius 2 is 1.47 bits per heavy atom. The average Bonchev–Trinajstić information content (AvgIpc) is 2.77. The van der Waals surface area contributed by atoms with Crippen LogP contribution in [0.15, 0.2) is 72.3 Å². The first kappa shape index (κ1) is 26.0. The molecule has 0 radical (unpaired) electrons. The van der Waals surface area contributed by atoms with Crippen molar-refractivity contribution in [1.29, 1.82) is 0 Å². The molecule has 0 bridgehead atoms. The van der Waals surface area contributed by atoms with Gasteiger partial charge in [-0.25, -0.2) is 17.2 Å². The molecular formula is C27H25ClF2N2O3S. The predicted molar refractivity (Wildman–Crippen MR) is 137 cm³/mol. The molecule has 1 fully saturated rings. The van der Waals surface area contributed by atoms with E-state index in [1.807, 2.05) is 31.2 Å². The molecule has 1 aliphatic heterocycles. The Morgan fingerprint density at radius 3 is 1.97 bits per heavy atom. The van der Waals surface area contributed by atoms with Crippen LogP contribution in [0, 0.1) is 11.6 Å². The lowest BCUT2D eigenvalue weighted by molar-refractivity contribution is 0.0955. The average molecular weight is 531 g/mol. The molecule has 1 N–H and O–H groups in total.